The van der Waals surface area contributed by atoms with Crippen LogP contribution in [0.1, 0.15) is 42.6 Å². The van der Waals surface area contributed by atoms with Gasteiger partial charge in [0.1, 0.15) is 6.04 Å². The molecule has 3 unspecified atom stereocenters. The fourth-order valence-electron chi connectivity index (χ4n) is 2.67. The molecule has 2 aromatic rings. The molecule has 2 heterocycles. The SMILES string of the molecule is CC1CC1c1noc(C2Cc3ccccc3N2)n1. The van der Waals surface area contributed by atoms with E-state index in [0.29, 0.717) is 11.8 Å². The smallest absolute Gasteiger partial charge is 0.249 e. The Labute approximate surface area is 105 Å². The molecule has 1 fully saturated rings. The summed E-state index contributed by atoms with van der Waals surface area (Å²) in [5, 5.41) is 7.55. The highest BCUT2D eigenvalue weighted by molar-refractivity contribution is 5.56. The van der Waals surface area contributed by atoms with Crippen molar-refractivity contribution in [3.8, 4) is 0 Å². The first kappa shape index (κ1) is 10.1. The zero-order valence-electron chi connectivity index (χ0n) is 10.3. The molecule has 1 aliphatic heterocycles. The van der Waals surface area contributed by atoms with Crippen molar-refractivity contribution in [2.45, 2.75) is 31.7 Å². The van der Waals surface area contributed by atoms with Crippen LogP contribution in [-0.2, 0) is 6.42 Å². The second-order valence-corrected chi connectivity index (χ2v) is 5.37. The summed E-state index contributed by atoms with van der Waals surface area (Å²) in [5.41, 5.74) is 2.50. The van der Waals surface area contributed by atoms with Crippen molar-refractivity contribution in [3.63, 3.8) is 0 Å². The minimum Gasteiger partial charge on any atom is -0.373 e. The molecule has 0 radical (unpaired) electrons. The molecule has 92 valence electrons. The van der Waals surface area contributed by atoms with Crippen molar-refractivity contribution in [1.82, 2.24) is 10.1 Å². The lowest BCUT2D eigenvalue weighted by molar-refractivity contribution is 0.359. The summed E-state index contributed by atoms with van der Waals surface area (Å²) in [6, 6.07) is 8.48. The van der Waals surface area contributed by atoms with Crippen molar-refractivity contribution in [2.24, 2.45) is 5.92 Å². The maximum Gasteiger partial charge on any atom is 0.249 e. The van der Waals surface area contributed by atoms with Gasteiger partial charge in [0.05, 0.1) is 0 Å². The summed E-state index contributed by atoms with van der Waals surface area (Å²) >= 11 is 0. The molecule has 1 saturated carbocycles. The predicted octanol–water partition coefficient (Wildman–Crippen LogP) is 2.90. The van der Waals surface area contributed by atoms with Gasteiger partial charge in [-0.25, -0.2) is 0 Å². The van der Waals surface area contributed by atoms with Gasteiger partial charge in [0.2, 0.25) is 5.89 Å². The van der Waals surface area contributed by atoms with Gasteiger partial charge < -0.3 is 9.84 Å². The molecule has 1 N–H and O–H groups in total. The van der Waals surface area contributed by atoms with Gasteiger partial charge in [-0.2, -0.15) is 4.98 Å². The summed E-state index contributed by atoms with van der Waals surface area (Å²) in [5.74, 6) is 2.84. The lowest BCUT2D eigenvalue weighted by atomic mass is 10.1. The van der Waals surface area contributed by atoms with E-state index in [1.165, 1.54) is 17.7 Å². The minimum atomic E-state index is 0.137. The van der Waals surface area contributed by atoms with Crippen LogP contribution >= 0.6 is 0 Å². The molecule has 3 atom stereocenters. The molecule has 18 heavy (non-hydrogen) atoms. The highest BCUT2D eigenvalue weighted by atomic mass is 16.5. The topological polar surface area (TPSA) is 51.0 Å². The molecule has 4 rings (SSSR count). The third kappa shape index (κ3) is 1.52. The van der Waals surface area contributed by atoms with E-state index in [-0.39, 0.29) is 6.04 Å². The summed E-state index contributed by atoms with van der Waals surface area (Å²) in [6.45, 7) is 2.23. The van der Waals surface area contributed by atoms with Crippen LogP contribution in [0, 0.1) is 5.92 Å². The van der Waals surface area contributed by atoms with Gasteiger partial charge in [0, 0.05) is 18.0 Å². The van der Waals surface area contributed by atoms with E-state index >= 15 is 0 Å². The number of para-hydroxylation sites is 1. The number of nitrogens with zero attached hydrogens (tertiary/aromatic N) is 2. The molecule has 0 bridgehead atoms. The van der Waals surface area contributed by atoms with E-state index < -0.39 is 0 Å². The normalized spacial score (nSPS) is 28.8. The molecule has 2 aliphatic rings. The van der Waals surface area contributed by atoms with E-state index in [1.54, 1.807) is 0 Å². The summed E-state index contributed by atoms with van der Waals surface area (Å²) in [4.78, 5) is 4.55. The zero-order chi connectivity index (χ0) is 12.1. The summed E-state index contributed by atoms with van der Waals surface area (Å²) in [6.07, 6.45) is 2.12. The van der Waals surface area contributed by atoms with E-state index in [0.717, 1.165) is 18.1 Å². The molecule has 4 heteroatoms. The molecule has 1 aromatic heterocycles. The second kappa shape index (κ2) is 3.57. The van der Waals surface area contributed by atoms with Gasteiger partial charge in [-0.3, -0.25) is 0 Å². The molecule has 1 aromatic carbocycles. The van der Waals surface area contributed by atoms with Gasteiger partial charge in [-0.1, -0.05) is 30.3 Å². The Morgan fingerprint density at radius 1 is 1.33 bits per heavy atom. The van der Waals surface area contributed by atoms with Crippen molar-refractivity contribution < 1.29 is 4.52 Å². The minimum absolute atomic E-state index is 0.137. The number of benzene rings is 1. The first-order chi connectivity index (χ1) is 8.81. The Balaban J connectivity index is 1.57. The van der Waals surface area contributed by atoms with Crippen molar-refractivity contribution in [1.29, 1.82) is 0 Å². The largest absolute Gasteiger partial charge is 0.373 e. The molecule has 0 amide bonds. The zero-order valence-corrected chi connectivity index (χ0v) is 10.3. The fourth-order valence-corrected chi connectivity index (χ4v) is 2.67. The Kier molecular flexibility index (Phi) is 2.01. The fraction of sp³-hybridized carbons (Fsp3) is 0.429. The van der Waals surface area contributed by atoms with Crippen LogP contribution in [-0.4, -0.2) is 10.1 Å². The van der Waals surface area contributed by atoms with Gasteiger partial charge in [-0.05, 0) is 24.0 Å². The van der Waals surface area contributed by atoms with E-state index in [1.807, 2.05) is 6.07 Å². The van der Waals surface area contributed by atoms with E-state index in [9.17, 15) is 0 Å². The predicted molar refractivity (Wildman–Crippen MR) is 67.3 cm³/mol. The van der Waals surface area contributed by atoms with Crippen LogP contribution in [0.4, 0.5) is 5.69 Å². The summed E-state index contributed by atoms with van der Waals surface area (Å²) < 4.78 is 5.41. The number of aromatic nitrogens is 2. The van der Waals surface area contributed by atoms with Gasteiger partial charge in [0.25, 0.3) is 0 Å². The van der Waals surface area contributed by atoms with Crippen LogP contribution in [0.15, 0.2) is 28.8 Å². The number of hydrogen-bond acceptors (Lipinski definition) is 4. The lowest BCUT2D eigenvalue weighted by Gasteiger charge is -2.04. The van der Waals surface area contributed by atoms with Crippen molar-refractivity contribution in [3.05, 3.63) is 41.5 Å². The van der Waals surface area contributed by atoms with Gasteiger partial charge in [-0.15, -0.1) is 0 Å². The number of hydrogen-bond donors (Lipinski definition) is 1. The highest BCUT2D eigenvalue weighted by Gasteiger charge is 2.39. The standard InChI is InChI=1S/C14H15N3O/c1-8-6-10(8)13-16-14(18-17-13)12-7-9-4-2-3-5-11(9)15-12/h2-5,8,10,12,15H,6-7H2,1H3. The van der Waals surface area contributed by atoms with Crippen LogP contribution in [0.5, 0.6) is 0 Å². The molecular weight excluding hydrogens is 226 g/mol. The molecule has 1 aliphatic carbocycles. The Bertz CT molecular complexity index is 567. The molecule has 0 spiro atoms. The monoisotopic (exact) mass is 241 g/mol. The lowest BCUT2D eigenvalue weighted by Crippen LogP contribution is -2.06. The molecule has 0 saturated heterocycles. The Hall–Kier alpha value is -1.84. The van der Waals surface area contributed by atoms with Crippen LogP contribution < -0.4 is 5.32 Å². The van der Waals surface area contributed by atoms with Gasteiger partial charge in [0.15, 0.2) is 5.82 Å². The number of anilines is 1. The van der Waals surface area contributed by atoms with Crippen molar-refractivity contribution in [2.75, 3.05) is 5.32 Å². The maximum absolute atomic E-state index is 5.41. The first-order valence-electron chi connectivity index (χ1n) is 6.49. The molecule has 4 nitrogen and oxygen atoms in total. The quantitative estimate of drug-likeness (QED) is 0.878. The average molecular weight is 241 g/mol. The third-order valence-corrected chi connectivity index (χ3v) is 3.97. The van der Waals surface area contributed by atoms with Crippen LogP contribution in [0.3, 0.4) is 0 Å². The van der Waals surface area contributed by atoms with Crippen molar-refractivity contribution >= 4 is 5.69 Å². The second-order valence-electron chi connectivity index (χ2n) is 5.37. The van der Waals surface area contributed by atoms with E-state index in [2.05, 4.69) is 40.6 Å². The molecular formula is C14H15N3O. The van der Waals surface area contributed by atoms with Crippen LogP contribution in [0.25, 0.3) is 0 Å². The summed E-state index contributed by atoms with van der Waals surface area (Å²) in [7, 11) is 0. The van der Waals surface area contributed by atoms with E-state index in [4.69, 9.17) is 4.52 Å². The Morgan fingerprint density at radius 3 is 2.94 bits per heavy atom. The maximum atomic E-state index is 5.41. The number of rotatable bonds is 2. The number of fused-ring (bicyclic) bond motifs is 1. The highest BCUT2D eigenvalue weighted by Crippen LogP contribution is 2.46. The first-order valence-corrected chi connectivity index (χ1v) is 6.49. The number of nitrogens with one attached hydrogen (secondary N) is 1. The Morgan fingerprint density at radius 2 is 2.17 bits per heavy atom. The van der Waals surface area contributed by atoms with Crippen LogP contribution in [0.2, 0.25) is 0 Å². The average Bonchev–Trinajstić information content (AvgIpc) is 2.87. The third-order valence-electron chi connectivity index (χ3n) is 3.97. The van der Waals surface area contributed by atoms with Gasteiger partial charge >= 0.3 is 0 Å².